The summed E-state index contributed by atoms with van der Waals surface area (Å²) in [4.78, 5) is 30.4. The predicted molar refractivity (Wildman–Crippen MR) is 159 cm³/mol. The number of aromatic nitrogens is 3. The van der Waals surface area contributed by atoms with Crippen LogP contribution in [0, 0.1) is 5.82 Å². The van der Waals surface area contributed by atoms with Gasteiger partial charge in [0.05, 0.1) is 24.0 Å². The zero-order chi connectivity index (χ0) is 30.8. The topological polar surface area (TPSA) is 130 Å². The van der Waals surface area contributed by atoms with Crippen molar-refractivity contribution in [1.29, 1.82) is 0 Å². The Labute approximate surface area is 250 Å². The Morgan fingerprint density at radius 1 is 1.07 bits per heavy atom. The van der Waals surface area contributed by atoms with Crippen molar-refractivity contribution in [3.8, 4) is 11.5 Å². The lowest BCUT2D eigenvalue weighted by Gasteiger charge is -2.24. The molecule has 0 radical (unpaired) electrons. The Morgan fingerprint density at radius 3 is 2.48 bits per heavy atom. The number of carbonyl (C=O) groups excluding carboxylic acids is 2. The van der Waals surface area contributed by atoms with Crippen LogP contribution in [-0.4, -0.2) is 41.4 Å². The predicted octanol–water partition coefficient (Wildman–Crippen LogP) is 6.07. The summed E-state index contributed by atoms with van der Waals surface area (Å²) < 4.78 is 42.1. The second-order valence-corrected chi connectivity index (χ2v) is 13.7. The number of carbonyl (C=O) groups is 2. The van der Waals surface area contributed by atoms with Crippen molar-refractivity contribution >= 4 is 46.2 Å². The van der Waals surface area contributed by atoms with Crippen molar-refractivity contribution < 1.29 is 28.0 Å². The van der Waals surface area contributed by atoms with Gasteiger partial charge in [-0.1, -0.05) is 11.6 Å². The average molecular weight is 616 g/mol. The number of halogens is 2. The first-order chi connectivity index (χ1) is 19.6. The first kappa shape index (κ1) is 31.2. The molecule has 0 aliphatic rings. The van der Waals surface area contributed by atoms with Crippen molar-refractivity contribution in [2.24, 2.45) is 0 Å². The number of fused-ring (bicyclic) bond motifs is 1. The summed E-state index contributed by atoms with van der Waals surface area (Å²) in [6.07, 6.45) is 2.90. The van der Waals surface area contributed by atoms with E-state index in [-0.39, 0.29) is 45.7 Å². The molecule has 0 aliphatic carbocycles. The minimum Gasteiger partial charge on any atom is -0.598 e. The van der Waals surface area contributed by atoms with E-state index in [1.807, 2.05) is 20.8 Å². The summed E-state index contributed by atoms with van der Waals surface area (Å²) in [7, 11) is 0. The van der Waals surface area contributed by atoms with Crippen LogP contribution in [0.25, 0.3) is 5.65 Å². The molecule has 10 nitrogen and oxygen atoms in total. The Bertz CT molecular complexity index is 1630. The normalized spacial score (nSPS) is 12.7. The van der Waals surface area contributed by atoms with Crippen LogP contribution in [-0.2, 0) is 22.6 Å². The van der Waals surface area contributed by atoms with E-state index < -0.39 is 39.4 Å². The lowest BCUT2D eigenvalue weighted by molar-refractivity contribution is 0.00693. The van der Waals surface area contributed by atoms with Gasteiger partial charge in [-0.3, -0.25) is 4.79 Å². The van der Waals surface area contributed by atoms with Gasteiger partial charge in [-0.05, 0) is 84.0 Å². The van der Waals surface area contributed by atoms with Crippen LogP contribution in [0.1, 0.15) is 67.8 Å². The van der Waals surface area contributed by atoms with Crippen LogP contribution >= 0.6 is 11.6 Å². The van der Waals surface area contributed by atoms with E-state index >= 15 is 0 Å². The minimum absolute atomic E-state index is 0.0451. The smallest absolute Gasteiger partial charge is 0.338 e. The van der Waals surface area contributed by atoms with Gasteiger partial charge >= 0.3 is 5.97 Å². The minimum atomic E-state index is -1.42. The van der Waals surface area contributed by atoms with Crippen molar-refractivity contribution in [2.75, 3.05) is 5.32 Å². The Balaban J connectivity index is 1.70. The number of nitrogens with one attached hydrogen (secondary N) is 2. The van der Waals surface area contributed by atoms with Gasteiger partial charge in [0.1, 0.15) is 32.6 Å². The van der Waals surface area contributed by atoms with E-state index in [1.54, 1.807) is 27.0 Å². The number of esters is 1. The highest BCUT2D eigenvalue weighted by molar-refractivity contribution is 7.90. The molecule has 0 fully saturated rings. The highest BCUT2D eigenvalue weighted by Crippen LogP contribution is 2.34. The van der Waals surface area contributed by atoms with Gasteiger partial charge in [0.15, 0.2) is 11.4 Å². The molecule has 2 heterocycles. The van der Waals surface area contributed by atoms with Crippen LogP contribution < -0.4 is 14.8 Å². The number of benzene rings is 2. The molecule has 1 amide bonds. The zero-order valence-electron chi connectivity index (χ0n) is 24.0. The van der Waals surface area contributed by atoms with E-state index in [4.69, 9.17) is 21.1 Å². The summed E-state index contributed by atoms with van der Waals surface area (Å²) in [5, 5.41) is 7.07. The van der Waals surface area contributed by atoms with Crippen molar-refractivity contribution in [3.63, 3.8) is 0 Å². The molecule has 1 atom stereocenters. The SMILES string of the molecule is CC(C)(C)OC(=O)c1ccc(Oc2ccc(F)cc2CN[S+]([O-])C(C)(C)C)c(NC(=O)c2cnn3ccc(Cl)nc23)c1. The maximum atomic E-state index is 14.2. The monoisotopic (exact) mass is 615 g/mol. The lowest BCUT2D eigenvalue weighted by atomic mass is 10.1. The van der Waals surface area contributed by atoms with Crippen LogP contribution in [0.5, 0.6) is 11.5 Å². The Morgan fingerprint density at radius 2 is 1.79 bits per heavy atom. The van der Waals surface area contributed by atoms with Gasteiger partial charge in [-0.15, -0.1) is 4.72 Å². The van der Waals surface area contributed by atoms with Gasteiger partial charge in [0.25, 0.3) is 5.91 Å². The molecule has 1 unspecified atom stereocenters. The fourth-order valence-corrected chi connectivity index (χ4v) is 4.50. The van der Waals surface area contributed by atoms with Gasteiger partial charge in [0.2, 0.25) is 0 Å². The van der Waals surface area contributed by atoms with Gasteiger partial charge in [0, 0.05) is 23.1 Å². The molecule has 4 rings (SSSR count). The highest BCUT2D eigenvalue weighted by atomic mass is 35.5. The molecule has 2 aromatic carbocycles. The number of hydrogen-bond acceptors (Lipinski definition) is 8. The molecular formula is C29H31ClFN5O5S. The standard InChI is InChI=1S/C29H31ClFN5O5S/c1-28(2,3)41-27(38)17-7-9-23(40-22-10-8-19(31)13-18(22)15-33-42(39)29(4,5)6)21(14-17)34-26(37)20-16-32-36-12-11-24(30)35-25(20)36/h7-14,16,33H,15H2,1-6H3,(H,34,37). The molecule has 0 saturated carbocycles. The fourth-order valence-electron chi connectivity index (χ4n) is 3.64. The molecule has 0 saturated heterocycles. The van der Waals surface area contributed by atoms with Crippen molar-refractivity contribution in [3.05, 3.63) is 82.5 Å². The van der Waals surface area contributed by atoms with E-state index in [9.17, 15) is 18.5 Å². The molecule has 222 valence electrons. The third-order valence-corrected chi connectivity index (χ3v) is 7.36. The van der Waals surface area contributed by atoms with Crippen LogP contribution in [0.15, 0.2) is 54.9 Å². The number of anilines is 1. The summed E-state index contributed by atoms with van der Waals surface area (Å²) in [5.41, 5.74) is 0.289. The molecule has 4 aromatic rings. The van der Waals surface area contributed by atoms with E-state index in [2.05, 4.69) is 20.1 Å². The number of rotatable bonds is 8. The number of nitrogens with zero attached hydrogens (tertiary/aromatic N) is 3. The highest BCUT2D eigenvalue weighted by Gasteiger charge is 2.27. The van der Waals surface area contributed by atoms with Gasteiger partial charge in [-0.2, -0.15) is 5.10 Å². The Kier molecular flexibility index (Phi) is 9.12. The second-order valence-electron chi connectivity index (χ2n) is 11.3. The van der Waals surface area contributed by atoms with Gasteiger partial charge < -0.3 is 19.3 Å². The van der Waals surface area contributed by atoms with Crippen molar-refractivity contribution in [1.82, 2.24) is 19.3 Å². The molecule has 0 aliphatic heterocycles. The first-order valence-electron chi connectivity index (χ1n) is 12.9. The van der Waals surface area contributed by atoms with E-state index in [0.717, 1.165) is 0 Å². The number of amides is 1. The molecular weight excluding hydrogens is 585 g/mol. The van der Waals surface area contributed by atoms with Crippen LogP contribution in [0.2, 0.25) is 5.15 Å². The third kappa shape index (κ3) is 7.77. The van der Waals surface area contributed by atoms with Crippen LogP contribution in [0.3, 0.4) is 0 Å². The van der Waals surface area contributed by atoms with E-state index in [0.29, 0.717) is 5.56 Å². The average Bonchev–Trinajstić information content (AvgIpc) is 3.31. The molecule has 13 heteroatoms. The van der Waals surface area contributed by atoms with Crippen molar-refractivity contribution in [2.45, 2.75) is 58.4 Å². The zero-order valence-corrected chi connectivity index (χ0v) is 25.5. The molecule has 0 spiro atoms. The molecule has 2 aromatic heterocycles. The Hall–Kier alpha value is -3.71. The van der Waals surface area contributed by atoms with E-state index in [1.165, 1.54) is 53.2 Å². The fraction of sp³-hybridized carbons (Fsp3) is 0.310. The largest absolute Gasteiger partial charge is 0.598 e. The molecule has 0 bridgehead atoms. The summed E-state index contributed by atoms with van der Waals surface area (Å²) in [6.45, 7) is 10.7. The first-order valence-corrected chi connectivity index (χ1v) is 14.4. The van der Waals surface area contributed by atoms with Gasteiger partial charge in [-0.25, -0.2) is 18.7 Å². The second kappa shape index (κ2) is 12.3. The maximum absolute atomic E-state index is 14.2. The number of hydrogen-bond donors (Lipinski definition) is 2. The summed E-state index contributed by atoms with van der Waals surface area (Å²) in [5.74, 6) is -1.30. The molecule has 2 N–H and O–H groups in total. The summed E-state index contributed by atoms with van der Waals surface area (Å²) in [6, 6.07) is 9.86. The maximum Gasteiger partial charge on any atom is 0.338 e. The summed E-state index contributed by atoms with van der Waals surface area (Å²) >= 11 is 4.61. The molecule has 42 heavy (non-hydrogen) atoms. The third-order valence-electron chi connectivity index (χ3n) is 5.63. The lowest BCUT2D eigenvalue weighted by Crippen LogP contribution is -2.39. The number of ether oxygens (including phenoxy) is 2. The quantitative estimate of drug-likeness (QED) is 0.139. The van der Waals surface area contributed by atoms with Crippen LogP contribution in [0.4, 0.5) is 10.1 Å².